The van der Waals surface area contributed by atoms with Crippen LogP contribution in [0.5, 0.6) is 0 Å². The number of hydrogen-bond donors (Lipinski definition) is 1. The Hall–Kier alpha value is -1.62. The van der Waals surface area contributed by atoms with Gasteiger partial charge < -0.3 is 5.11 Å². The van der Waals surface area contributed by atoms with Gasteiger partial charge in [0.1, 0.15) is 6.10 Å². The Morgan fingerprint density at radius 2 is 1.44 bits per heavy atom. The van der Waals surface area contributed by atoms with Gasteiger partial charge in [-0.25, -0.2) is 0 Å². The molecule has 18 heavy (non-hydrogen) atoms. The molecule has 0 aromatic carbocycles. The highest BCUT2D eigenvalue weighted by Gasteiger charge is 2.18. The van der Waals surface area contributed by atoms with Crippen molar-refractivity contribution in [3.63, 3.8) is 0 Å². The number of nitrogens with zero attached hydrogens (tertiary/aromatic N) is 4. The van der Waals surface area contributed by atoms with Crippen LogP contribution in [0.1, 0.15) is 44.2 Å². The van der Waals surface area contributed by atoms with Gasteiger partial charge in [0, 0.05) is 25.5 Å². The number of aryl methyl sites for hydroxylation is 2. The highest BCUT2D eigenvalue weighted by Crippen LogP contribution is 2.21. The van der Waals surface area contributed by atoms with Gasteiger partial charge in [0.15, 0.2) is 0 Å². The van der Waals surface area contributed by atoms with Crippen LogP contribution in [0, 0.1) is 0 Å². The smallest absolute Gasteiger partial charge is 0.137 e. The summed E-state index contributed by atoms with van der Waals surface area (Å²) in [5, 5.41) is 18.9. The van der Waals surface area contributed by atoms with E-state index in [0.29, 0.717) is 0 Å². The molecule has 2 heterocycles. The molecule has 98 valence electrons. The van der Waals surface area contributed by atoms with E-state index in [1.54, 1.807) is 12.4 Å². The molecular weight excluding hydrogens is 228 g/mol. The maximum absolute atomic E-state index is 10.5. The van der Waals surface area contributed by atoms with Crippen molar-refractivity contribution in [1.82, 2.24) is 19.6 Å². The fourth-order valence-corrected chi connectivity index (χ4v) is 2.10. The molecule has 0 spiro atoms. The molecule has 0 bridgehead atoms. The van der Waals surface area contributed by atoms with E-state index in [4.69, 9.17) is 0 Å². The Labute approximate surface area is 107 Å². The molecule has 1 N–H and O–H groups in total. The fourth-order valence-electron chi connectivity index (χ4n) is 2.10. The van der Waals surface area contributed by atoms with E-state index in [-0.39, 0.29) is 0 Å². The summed E-state index contributed by atoms with van der Waals surface area (Å²) >= 11 is 0. The molecular formula is C13H20N4O. The minimum absolute atomic E-state index is 0.659. The van der Waals surface area contributed by atoms with Crippen molar-refractivity contribution in [2.75, 3.05) is 0 Å². The Bertz CT molecular complexity index is 444. The molecule has 5 nitrogen and oxygen atoms in total. The minimum Gasteiger partial charge on any atom is -0.380 e. The zero-order chi connectivity index (χ0) is 13.0. The SMILES string of the molecule is CCCn1nccc1C(O)c1ccnn1CCC. The van der Waals surface area contributed by atoms with Crippen molar-refractivity contribution in [1.29, 1.82) is 0 Å². The van der Waals surface area contributed by atoms with Crippen molar-refractivity contribution in [3.8, 4) is 0 Å². The van der Waals surface area contributed by atoms with Gasteiger partial charge in [0.2, 0.25) is 0 Å². The molecule has 0 aliphatic rings. The van der Waals surface area contributed by atoms with Crippen molar-refractivity contribution in [2.45, 2.75) is 45.9 Å². The molecule has 2 aromatic heterocycles. The van der Waals surface area contributed by atoms with Gasteiger partial charge >= 0.3 is 0 Å². The second kappa shape index (κ2) is 5.82. The van der Waals surface area contributed by atoms with Crippen LogP contribution in [0.4, 0.5) is 0 Å². The summed E-state index contributed by atoms with van der Waals surface area (Å²) in [6.07, 6.45) is 4.79. The standard InChI is InChI=1S/C13H20N4O/c1-3-9-16-11(5-7-14-16)13(18)12-6-8-15-17(12)10-4-2/h5-8,13,18H,3-4,9-10H2,1-2H3. The highest BCUT2D eigenvalue weighted by atomic mass is 16.3. The first-order valence-corrected chi connectivity index (χ1v) is 6.49. The first-order valence-electron chi connectivity index (χ1n) is 6.49. The largest absolute Gasteiger partial charge is 0.380 e. The van der Waals surface area contributed by atoms with E-state index < -0.39 is 6.10 Å². The van der Waals surface area contributed by atoms with Crippen LogP contribution in [0.3, 0.4) is 0 Å². The van der Waals surface area contributed by atoms with Crippen molar-refractivity contribution < 1.29 is 5.11 Å². The molecule has 0 amide bonds. The summed E-state index contributed by atoms with van der Waals surface area (Å²) in [6, 6.07) is 3.73. The molecule has 0 unspecified atom stereocenters. The quantitative estimate of drug-likeness (QED) is 0.850. The number of aliphatic hydroxyl groups excluding tert-OH is 1. The number of hydrogen-bond acceptors (Lipinski definition) is 3. The summed E-state index contributed by atoms with van der Waals surface area (Å²) in [4.78, 5) is 0. The lowest BCUT2D eigenvalue weighted by atomic mass is 10.2. The van der Waals surface area contributed by atoms with Gasteiger partial charge in [-0.3, -0.25) is 9.36 Å². The summed E-state index contributed by atoms with van der Waals surface area (Å²) in [7, 11) is 0. The van der Waals surface area contributed by atoms with Crippen LogP contribution in [-0.4, -0.2) is 24.7 Å². The van der Waals surface area contributed by atoms with E-state index in [2.05, 4.69) is 24.0 Å². The molecule has 0 saturated carbocycles. The Kier molecular flexibility index (Phi) is 4.15. The Balaban J connectivity index is 2.26. The molecule has 0 radical (unpaired) electrons. The van der Waals surface area contributed by atoms with Gasteiger partial charge in [-0.15, -0.1) is 0 Å². The Morgan fingerprint density at radius 1 is 1.00 bits per heavy atom. The maximum atomic E-state index is 10.5. The van der Waals surface area contributed by atoms with Crippen molar-refractivity contribution >= 4 is 0 Å². The lowest BCUT2D eigenvalue weighted by Crippen LogP contribution is -2.14. The van der Waals surface area contributed by atoms with E-state index in [0.717, 1.165) is 37.3 Å². The number of aromatic nitrogens is 4. The number of rotatable bonds is 6. The number of aliphatic hydroxyl groups is 1. The van der Waals surface area contributed by atoms with Crippen LogP contribution in [0.2, 0.25) is 0 Å². The first kappa shape index (κ1) is 12.8. The second-order valence-corrected chi connectivity index (χ2v) is 4.36. The van der Waals surface area contributed by atoms with Crippen molar-refractivity contribution in [2.24, 2.45) is 0 Å². The van der Waals surface area contributed by atoms with E-state index in [1.165, 1.54) is 0 Å². The molecule has 0 atom stereocenters. The summed E-state index contributed by atoms with van der Waals surface area (Å²) < 4.78 is 3.71. The predicted molar refractivity (Wildman–Crippen MR) is 69.1 cm³/mol. The van der Waals surface area contributed by atoms with Gasteiger partial charge in [-0.05, 0) is 25.0 Å². The van der Waals surface area contributed by atoms with Crippen LogP contribution in [0.15, 0.2) is 24.5 Å². The van der Waals surface area contributed by atoms with Crippen LogP contribution in [-0.2, 0) is 13.1 Å². The third kappa shape index (κ3) is 2.46. The highest BCUT2D eigenvalue weighted by molar-refractivity contribution is 5.18. The van der Waals surface area contributed by atoms with Crippen LogP contribution < -0.4 is 0 Å². The van der Waals surface area contributed by atoms with Gasteiger partial charge in [0.25, 0.3) is 0 Å². The molecule has 5 heteroatoms. The van der Waals surface area contributed by atoms with Gasteiger partial charge in [-0.1, -0.05) is 13.8 Å². The average molecular weight is 248 g/mol. The third-order valence-corrected chi connectivity index (χ3v) is 2.93. The monoisotopic (exact) mass is 248 g/mol. The predicted octanol–water partition coefficient (Wildman–Crippen LogP) is 1.98. The van der Waals surface area contributed by atoms with E-state index in [1.807, 2.05) is 21.5 Å². The zero-order valence-electron chi connectivity index (χ0n) is 11.0. The summed E-state index contributed by atoms with van der Waals surface area (Å²) in [5.74, 6) is 0. The Morgan fingerprint density at radius 3 is 1.83 bits per heavy atom. The maximum Gasteiger partial charge on any atom is 0.137 e. The molecule has 0 aliphatic heterocycles. The normalized spacial score (nSPS) is 11.3. The third-order valence-electron chi connectivity index (χ3n) is 2.93. The molecule has 0 fully saturated rings. The lowest BCUT2D eigenvalue weighted by Gasteiger charge is -2.14. The summed E-state index contributed by atoms with van der Waals surface area (Å²) in [5.41, 5.74) is 1.66. The second-order valence-electron chi connectivity index (χ2n) is 4.36. The molecule has 0 saturated heterocycles. The van der Waals surface area contributed by atoms with Crippen LogP contribution >= 0.6 is 0 Å². The zero-order valence-corrected chi connectivity index (χ0v) is 11.0. The fraction of sp³-hybridized carbons (Fsp3) is 0.538. The van der Waals surface area contributed by atoms with E-state index in [9.17, 15) is 5.11 Å². The lowest BCUT2D eigenvalue weighted by molar-refractivity contribution is 0.195. The van der Waals surface area contributed by atoms with Crippen molar-refractivity contribution in [3.05, 3.63) is 35.9 Å². The first-order chi connectivity index (χ1) is 8.77. The summed E-state index contributed by atoms with van der Waals surface area (Å²) in [6.45, 7) is 5.83. The minimum atomic E-state index is -0.659. The van der Waals surface area contributed by atoms with Gasteiger partial charge in [0.05, 0.1) is 11.4 Å². The topological polar surface area (TPSA) is 55.9 Å². The van der Waals surface area contributed by atoms with Crippen LogP contribution in [0.25, 0.3) is 0 Å². The molecule has 0 aliphatic carbocycles. The molecule has 2 aromatic rings. The van der Waals surface area contributed by atoms with E-state index >= 15 is 0 Å². The molecule has 2 rings (SSSR count). The van der Waals surface area contributed by atoms with Gasteiger partial charge in [-0.2, -0.15) is 10.2 Å². The average Bonchev–Trinajstić information content (AvgIpc) is 2.98.